The molecule has 1 heterocycles. The van der Waals surface area contributed by atoms with Gasteiger partial charge in [0, 0.05) is 12.6 Å². The molecule has 2 N–H and O–H groups in total. The van der Waals surface area contributed by atoms with E-state index in [1.165, 1.54) is 4.31 Å². The first kappa shape index (κ1) is 15.8. The molecule has 1 fully saturated rings. The van der Waals surface area contributed by atoms with Crippen molar-refractivity contribution in [2.45, 2.75) is 38.6 Å². The molecule has 0 bridgehead atoms. The second kappa shape index (κ2) is 6.44. The van der Waals surface area contributed by atoms with Gasteiger partial charge >= 0.3 is 16.2 Å². The predicted octanol–water partition coefficient (Wildman–Crippen LogP) is 1.84. The van der Waals surface area contributed by atoms with Crippen molar-refractivity contribution < 1.29 is 18.3 Å². The molecule has 1 unspecified atom stereocenters. The molecule has 1 aliphatic heterocycles. The number of para-hydroxylation sites is 1. The third-order valence-corrected chi connectivity index (χ3v) is 5.29. The van der Waals surface area contributed by atoms with Crippen molar-refractivity contribution in [3.63, 3.8) is 0 Å². The van der Waals surface area contributed by atoms with E-state index in [0.717, 1.165) is 19.3 Å². The van der Waals surface area contributed by atoms with Gasteiger partial charge in [-0.05, 0) is 31.4 Å². The van der Waals surface area contributed by atoms with Crippen LogP contribution >= 0.6 is 0 Å². The number of carboxylic acid groups (broad SMARTS) is 1. The zero-order valence-corrected chi connectivity index (χ0v) is 12.8. The Labute approximate surface area is 125 Å². The van der Waals surface area contributed by atoms with Crippen molar-refractivity contribution in [3.05, 3.63) is 29.8 Å². The van der Waals surface area contributed by atoms with Gasteiger partial charge in [-0.1, -0.05) is 24.6 Å². The largest absolute Gasteiger partial charge is 0.481 e. The summed E-state index contributed by atoms with van der Waals surface area (Å²) in [5.74, 6) is -0.993. The molecule has 0 spiro atoms. The summed E-state index contributed by atoms with van der Waals surface area (Å²) < 4.78 is 28.9. The summed E-state index contributed by atoms with van der Waals surface area (Å²) in [5, 5.41) is 8.89. The van der Waals surface area contributed by atoms with Crippen LogP contribution in [0, 0.1) is 0 Å². The first-order valence-electron chi connectivity index (χ1n) is 6.99. The summed E-state index contributed by atoms with van der Waals surface area (Å²) in [6, 6.07) is 6.54. The molecular weight excluding hydrogens is 292 g/mol. The summed E-state index contributed by atoms with van der Waals surface area (Å²) in [5.41, 5.74) is 0.788. The monoisotopic (exact) mass is 312 g/mol. The number of rotatable bonds is 5. The summed E-state index contributed by atoms with van der Waals surface area (Å²) >= 11 is 0. The third-order valence-electron chi connectivity index (χ3n) is 3.65. The van der Waals surface area contributed by atoms with Gasteiger partial charge in [-0.25, -0.2) is 0 Å². The number of aliphatic carboxylic acids is 1. The number of hydrogen-bond acceptors (Lipinski definition) is 3. The van der Waals surface area contributed by atoms with Crippen molar-refractivity contribution in [1.29, 1.82) is 0 Å². The van der Waals surface area contributed by atoms with E-state index in [-0.39, 0.29) is 12.5 Å². The number of hydrogen-bond donors (Lipinski definition) is 2. The SMILES string of the molecule is CC1CCCCN1S(=O)(=O)Nc1ccccc1CC(=O)O. The third kappa shape index (κ3) is 3.95. The molecule has 2 rings (SSSR count). The highest BCUT2D eigenvalue weighted by Gasteiger charge is 2.29. The van der Waals surface area contributed by atoms with Crippen LogP contribution in [0.25, 0.3) is 0 Å². The number of benzene rings is 1. The Bertz CT molecular complexity index is 615. The van der Waals surface area contributed by atoms with Gasteiger partial charge in [-0.2, -0.15) is 12.7 Å². The highest BCUT2D eigenvalue weighted by Crippen LogP contribution is 2.23. The van der Waals surface area contributed by atoms with Gasteiger partial charge in [0.25, 0.3) is 0 Å². The molecule has 21 heavy (non-hydrogen) atoms. The van der Waals surface area contributed by atoms with Gasteiger partial charge in [0.05, 0.1) is 12.1 Å². The van der Waals surface area contributed by atoms with Gasteiger partial charge in [0.1, 0.15) is 0 Å². The number of anilines is 1. The zero-order chi connectivity index (χ0) is 15.5. The van der Waals surface area contributed by atoms with Crippen LogP contribution in [0.5, 0.6) is 0 Å². The minimum absolute atomic E-state index is 0.0390. The lowest BCUT2D eigenvalue weighted by Crippen LogP contribution is -2.44. The van der Waals surface area contributed by atoms with Crippen LogP contribution < -0.4 is 4.72 Å². The van der Waals surface area contributed by atoms with Crippen LogP contribution in [-0.2, 0) is 21.4 Å². The molecule has 0 aromatic heterocycles. The highest BCUT2D eigenvalue weighted by molar-refractivity contribution is 7.90. The Hall–Kier alpha value is -1.60. The van der Waals surface area contributed by atoms with E-state index >= 15 is 0 Å². The average Bonchev–Trinajstić information content (AvgIpc) is 2.40. The van der Waals surface area contributed by atoms with Crippen LogP contribution in [0.4, 0.5) is 5.69 Å². The van der Waals surface area contributed by atoms with Crippen molar-refractivity contribution in [1.82, 2.24) is 4.31 Å². The molecule has 1 aromatic rings. The fraction of sp³-hybridized carbons (Fsp3) is 0.500. The standard InChI is InChI=1S/C14H20N2O4S/c1-11-6-4-5-9-16(11)21(19,20)15-13-8-3-2-7-12(13)10-14(17)18/h2-3,7-8,11,15H,4-6,9-10H2,1H3,(H,17,18). The maximum absolute atomic E-state index is 12.5. The Kier molecular flexibility index (Phi) is 4.84. The van der Waals surface area contributed by atoms with Gasteiger partial charge in [-0.3, -0.25) is 9.52 Å². The van der Waals surface area contributed by atoms with Crippen LogP contribution in [0.1, 0.15) is 31.7 Å². The minimum atomic E-state index is -3.65. The molecule has 0 saturated carbocycles. The lowest BCUT2D eigenvalue weighted by atomic mass is 10.1. The summed E-state index contributed by atoms with van der Waals surface area (Å²) in [6.45, 7) is 2.39. The van der Waals surface area contributed by atoms with E-state index in [9.17, 15) is 13.2 Å². The number of piperidine rings is 1. The van der Waals surface area contributed by atoms with Gasteiger partial charge in [-0.15, -0.1) is 0 Å². The second-order valence-electron chi connectivity index (χ2n) is 5.29. The van der Waals surface area contributed by atoms with Gasteiger partial charge < -0.3 is 5.11 Å². The molecule has 1 saturated heterocycles. The molecule has 0 aliphatic carbocycles. The summed E-state index contributed by atoms with van der Waals surface area (Å²) in [6.07, 6.45) is 2.51. The first-order chi connectivity index (χ1) is 9.90. The molecule has 1 aromatic carbocycles. The minimum Gasteiger partial charge on any atom is -0.481 e. The summed E-state index contributed by atoms with van der Waals surface area (Å²) in [7, 11) is -3.65. The molecule has 1 aliphatic rings. The maximum Gasteiger partial charge on any atom is 0.307 e. The normalized spacial score (nSPS) is 20.1. The van der Waals surface area contributed by atoms with Gasteiger partial charge in [0.2, 0.25) is 0 Å². The molecule has 0 radical (unpaired) electrons. The van der Waals surface area contributed by atoms with Crippen LogP contribution in [-0.4, -0.2) is 36.4 Å². The van der Waals surface area contributed by atoms with Crippen molar-refractivity contribution in [3.8, 4) is 0 Å². The van der Waals surface area contributed by atoms with Crippen molar-refractivity contribution >= 4 is 21.9 Å². The average molecular weight is 312 g/mol. The number of nitrogens with zero attached hydrogens (tertiary/aromatic N) is 1. The summed E-state index contributed by atoms with van der Waals surface area (Å²) in [4.78, 5) is 10.9. The van der Waals surface area contributed by atoms with E-state index in [4.69, 9.17) is 5.11 Å². The van der Waals surface area contributed by atoms with Gasteiger partial charge in [0.15, 0.2) is 0 Å². The number of carbonyl (C=O) groups is 1. The smallest absolute Gasteiger partial charge is 0.307 e. The molecular formula is C14H20N2O4S. The Morgan fingerprint density at radius 3 is 2.76 bits per heavy atom. The van der Waals surface area contributed by atoms with Crippen molar-refractivity contribution in [2.75, 3.05) is 11.3 Å². The van der Waals surface area contributed by atoms with E-state index in [1.807, 2.05) is 6.92 Å². The quantitative estimate of drug-likeness (QED) is 0.868. The Morgan fingerprint density at radius 2 is 2.10 bits per heavy atom. The molecule has 1 atom stereocenters. The molecule has 116 valence electrons. The van der Waals surface area contributed by atoms with E-state index in [0.29, 0.717) is 17.8 Å². The second-order valence-corrected chi connectivity index (χ2v) is 6.91. The Morgan fingerprint density at radius 1 is 1.38 bits per heavy atom. The fourth-order valence-electron chi connectivity index (χ4n) is 2.56. The zero-order valence-electron chi connectivity index (χ0n) is 11.9. The van der Waals surface area contributed by atoms with E-state index < -0.39 is 16.2 Å². The predicted molar refractivity (Wildman–Crippen MR) is 80.3 cm³/mol. The Balaban J connectivity index is 2.22. The fourth-order valence-corrected chi connectivity index (χ4v) is 4.11. The van der Waals surface area contributed by atoms with Crippen LogP contribution in [0.2, 0.25) is 0 Å². The van der Waals surface area contributed by atoms with Crippen molar-refractivity contribution in [2.24, 2.45) is 0 Å². The van der Waals surface area contributed by atoms with E-state index in [1.54, 1.807) is 24.3 Å². The lowest BCUT2D eigenvalue weighted by molar-refractivity contribution is -0.136. The number of nitrogens with one attached hydrogen (secondary N) is 1. The lowest BCUT2D eigenvalue weighted by Gasteiger charge is -2.32. The molecule has 0 amide bonds. The maximum atomic E-state index is 12.5. The highest BCUT2D eigenvalue weighted by atomic mass is 32.2. The molecule has 7 heteroatoms. The molecule has 6 nitrogen and oxygen atoms in total. The topological polar surface area (TPSA) is 86.7 Å². The first-order valence-corrected chi connectivity index (χ1v) is 8.43. The van der Waals surface area contributed by atoms with E-state index in [2.05, 4.69) is 4.72 Å². The number of carboxylic acids is 1. The van der Waals surface area contributed by atoms with Crippen LogP contribution in [0.15, 0.2) is 24.3 Å². The van der Waals surface area contributed by atoms with Crippen LogP contribution in [0.3, 0.4) is 0 Å².